The first-order valence-electron chi connectivity index (χ1n) is 6.57. The van der Waals surface area contributed by atoms with E-state index in [4.69, 9.17) is 5.73 Å². The number of anilines is 1. The summed E-state index contributed by atoms with van der Waals surface area (Å²) >= 11 is 3.30. The van der Waals surface area contributed by atoms with E-state index >= 15 is 0 Å². The molecule has 0 fully saturated rings. The van der Waals surface area contributed by atoms with Gasteiger partial charge in [0.25, 0.3) is 0 Å². The molecule has 0 bridgehead atoms. The van der Waals surface area contributed by atoms with Crippen molar-refractivity contribution in [3.05, 3.63) is 28.0 Å². The Balaban J connectivity index is 2.98. The number of hydrogen-bond donors (Lipinski definition) is 1. The highest BCUT2D eigenvalue weighted by atomic mass is 79.9. The van der Waals surface area contributed by atoms with Crippen LogP contribution in [0.25, 0.3) is 0 Å². The lowest BCUT2D eigenvalue weighted by atomic mass is 10.1. The molecule has 0 spiro atoms. The molecule has 108 valence electrons. The summed E-state index contributed by atoms with van der Waals surface area (Å²) in [5, 5.41) is 0. The molecule has 1 aromatic carbocycles. The van der Waals surface area contributed by atoms with Crippen molar-refractivity contribution in [1.82, 2.24) is 4.90 Å². The second-order valence-corrected chi connectivity index (χ2v) is 5.66. The van der Waals surface area contributed by atoms with E-state index < -0.39 is 0 Å². The molecule has 0 aliphatic carbocycles. The van der Waals surface area contributed by atoms with Crippen LogP contribution < -0.4 is 10.6 Å². The van der Waals surface area contributed by atoms with Crippen molar-refractivity contribution in [2.75, 3.05) is 38.6 Å². The first-order chi connectivity index (χ1) is 9.01. The van der Waals surface area contributed by atoms with Crippen LogP contribution in [0.2, 0.25) is 0 Å². The van der Waals surface area contributed by atoms with Crippen LogP contribution in [0.5, 0.6) is 0 Å². The average Bonchev–Trinajstić information content (AvgIpc) is 2.38. The fraction of sp³-hybridized carbons (Fsp3) is 0.571. The van der Waals surface area contributed by atoms with Gasteiger partial charge in [-0.1, -0.05) is 13.0 Å². The quantitative estimate of drug-likeness (QED) is 0.833. The van der Waals surface area contributed by atoms with Crippen LogP contribution >= 0.6 is 15.9 Å². The van der Waals surface area contributed by atoms with Gasteiger partial charge in [-0.2, -0.15) is 0 Å². The highest BCUT2D eigenvalue weighted by Crippen LogP contribution is 2.29. The van der Waals surface area contributed by atoms with Gasteiger partial charge in [0.1, 0.15) is 0 Å². The molecule has 0 amide bonds. The van der Waals surface area contributed by atoms with Gasteiger partial charge >= 0.3 is 0 Å². The molecule has 0 aromatic heterocycles. The summed E-state index contributed by atoms with van der Waals surface area (Å²) in [4.78, 5) is 4.18. The van der Waals surface area contributed by atoms with Crippen molar-refractivity contribution >= 4 is 21.6 Å². The standard InChI is InChI=1S/C14H23BrFN3/c1-4-7-19(9-8-18(2)3)12-6-5-11(10-17)13(15)14(12)16/h5-6H,4,7-10,17H2,1-3H3. The Labute approximate surface area is 123 Å². The molecule has 0 unspecified atom stereocenters. The molecule has 5 heteroatoms. The molecule has 0 saturated carbocycles. The molecule has 0 saturated heterocycles. The lowest BCUT2D eigenvalue weighted by Crippen LogP contribution is -2.33. The summed E-state index contributed by atoms with van der Waals surface area (Å²) in [7, 11) is 4.04. The maximum absolute atomic E-state index is 14.4. The molecule has 0 atom stereocenters. The number of rotatable bonds is 7. The normalized spacial score (nSPS) is 11.1. The van der Waals surface area contributed by atoms with Crippen LogP contribution in [0.15, 0.2) is 16.6 Å². The van der Waals surface area contributed by atoms with Gasteiger partial charge in [0.05, 0.1) is 10.2 Å². The molecule has 0 radical (unpaired) electrons. The van der Waals surface area contributed by atoms with Crippen molar-refractivity contribution in [3.63, 3.8) is 0 Å². The maximum Gasteiger partial charge on any atom is 0.160 e. The Morgan fingerprint density at radius 3 is 2.42 bits per heavy atom. The predicted molar refractivity (Wildman–Crippen MR) is 83.0 cm³/mol. The van der Waals surface area contributed by atoms with E-state index in [2.05, 4.69) is 32.7 Å². The van der Waals surface area contributed by atoms with Crippen molar-refractivity contribution in [1.29, 1.82) is 0 Å². The Bertz CT molecular complexity index is 410. The van der Waals surface area contributed by atoms with Gasteiger partial charge < -0.3 is 15.5 Å². The molecule has 19 heavy (non-hydrogen) atoms. The molecule has 1 rings (SSSR count). The van der Waals surface area contributed by atoms with E-state index in [1.54, 1.807) is 0 Å². The largest absolute Gasteiger partial charge is 0.368 e. The predicted octanol–water partition coefficient (Wildman–Crippen LogP) is 2.82. The minimum atomic E-state index is -0.213. The summed E-state index contributed by atoms with van der Waals surface area (Å²) < 4.78 is 14.9. The molecule has 3 nitrogen and oxygen atoms in total. The van der Waals surface area contributed by atoms with Gasteiger partial charge in [-0.15, -0.1) is 0 Å². The zero-order chi connectivity index (χ0) is 14.4. The topological polar surface area (TPSA) is 32.5 Å². The molecular formula is C14H23BrFN3. The van der Waals surface area contributed by atoms with Gasteiger partial charge in [0, 0.05) is 26.2 Å². The first kappa shape index (κ1) is 16.4. The van der Waals surface area contributed by atoms with Gasteiger partial charge in [0.15, 0.2) is 5.82 Å². The van der Waals surface area contributed by atoms with E-state index in [0.29, 0.717) is 16.7 Å². The Hall–Kier alpha value is -0.650. The lowest BCUT2D eigenvalue weighted by molar-refractivity contribution is 0.412. The summed E-state index contributed by atoms with van der Waals surface area (Å²) in [6.07, 6.45) is 0.989. The zero-order valence-electron chi connectivity index (χ0n) is 11.9. The summed E-state index contributed by atoms with van der Waals surface area (Å²) in [6.45, 7) is 4.99. The van der Waals surface area contributed by atoms with Crippen molar-refractivity contribution in [2.24, 2.45) is 5.73 Å². The maximum atomic E-state index is 14.4. The molecule has 0 aliphatic rings. The number of likely N-dealkylation sites (N-methyl/N-ethyl adjacent to an activating group) is 1. The number of nitrogens with two attached hydrogens (primary N) is 1. The minimum Gasteiger partial charge on any atom is -0.368 e. The number of nitrogens with zero attached hydrogens (tertiary/aromatic N) is 2. The minimum absolute atomic E-state index is 0.213. The third-order valence-corrected chi connectivity index (χ3v) is 3.87. The summed E-state index contributed by atoms with van der Waals surface area (Å²) in [5.74, 6) is -0.213. The first-order valence-corrected chi connectivity index (χ1v) is 7.37. The van der Waals surface area contributed by atoms with Gasteiger partial charge in [-0.3, -0.25) is 0 Å². The van der Waals surface area contributed by atoms with E-state index in [9.17, 15) is 4.39 Å². The smallest absolute Gasteiger partial charge is 0.160 e. The third kappa shape index (κ3) is 4.44. The highest BCUT2D eigenvalue weighted by Gasteiger charge is 2.15. The fourth-order valence-corrected chi connectivity index (χ4v) is 2.42. The van der Waals surface area contributed by atoms with Crippen molar-refractivity contribution in [2.45, 2.75) is 19.9 Å². The van der Waals surface area contributed by atoms with Gasteiger partial charge in [-0.25, -0.2) is 4.39 Å². The fourth-order valence-electron chi connectivity index (χ4n) is 1.92. The van der Waals surface area contributed by atoms with E-state index in [1.807, 2.05) is 26.2 Å². The summed E-state index contributed by atoms with van der Waals surface area (Å²) in [5.41, 5.74) is 7.03. The van der Waals surface area contributed by atoms with Crippen LogP contribution in [0.1, 0.15) is 18.9 Å². The van der Waals surface area contributed by atoms with E-state index in [1.165, 1.54) is 0 Å². The Morgan fingerprint density at radius 2 is 1.89 bits per heavy atom. The van der Waals surface area contributed by atoms with Gasteiger partial charge in [0.2, 0.25) is 0 Å². The SMILES string of the molecule is CCCN(CCN(C)C)c1ccc(CN)c(Br)c1F. The number of hydrogen-bond acceptors (Lipinski definition) is 3. The molecular weight excluding hydrogens is 309 g/mol. The number of benzene rings is 1. The average molecular weight is 332 g/mol. The molecule has 2 N–H and O–H groups in total. The van der Waals surface area contributed by atoms with Gasteiger partial charge in [-0.05, 0) is 48.1 Å². The highest BCUT2D eigenvalue weighted by molar-refractivity contribution is 9.10. The second-order valence-electron chi connectivity index (χ2n) is 4.87. The lowest BCUT2D eigenvalue weighted by Gasteiger charge is -2.27. The Morgan fingerprint density at radius 1 is 1.21 bits per heavy atom. The summed E-state index contributed by atoms with van der Waals surface area (Å²) in [6, 6.07) is 3.72. The van der Waals surface area contributed by atoms with Crippen LogP contribution in [0, 0.1) is 5.82 Å². The third-order valence-electron chi connectivity index (χ3n) is 3.01. The van der Waals surface area contributed by atoms with Crippen LogP contribution in [0.3, 0.4) is 0 Å². The van der Waals surface area contributed by atoms with Crippen LogP contribution in [-0.2, 0) is 6.54 Å². The Kier molecular flexibility index (Phi) is 6.75. The second kappa shape index (κ2) is 7.82. The van der Waals surface area contributed by atoms with Crippen molar-refractivity contribution < 1.29 is 4.39 Å². The number of halogens is 2. The monoisotopic (exact) mass is 331 g/mol. The van der Waals surface area contributed by atoms with Crippen molar-refractivity contribution in [3.8, 4) is 0 Å². The zero-order valence-corrected chi connectivity index (χ0v) is 13.5. The molecule has 1 aromatic rings. The molecule has 0 heterocycles. The van der Waals surface area contributed by atoms with Crippen LogP contribution in [-0.4, -0.2) is 38.6 Å². The molecule has 0 aliphatic heterocycles. The van der Waals surface area contributed by atoms with E-state index in [0.717, 1.165) is 31.6 Å². The van der Waals surface area contributed by atoms with E-state index in [-0.39, 0.29) is 5.82 Å². The van der Waals surface area contributed by atoms with Crippen LogP contribution in [0.4, 0.5) is 10.1 Å².